The number of benzene rings is 6. The van der Waals surface area contributed by atoms with Gasteiger partial charge in [0.05, 0.1) is 5.69 Å². The normalized spacial score (nSPS) is 11.5. The highest BCUT2D eigenvalue weighted by Gasteiger charge is 2.14. The lowest BCUT2D eigenvalue weighted by atomic mass is 9.88. The Morgan fingerprint density at radius 1 is 0.412 bits per heavy atom. The lowest BCUT2D eigenvalue weighted by molar-refractivity contribution is 1.33. The molecule has 0 fully saturated rings. The highest BCUT2D eigenvalue weighted by atomic mass is 14.7. The number of nitrogens with zero attached hydrogens (tertiary/aromatic N) is 1. The molecule has 0 saturated carbocycles. The van der Waals surface area contributed by atoms with Gasteiger partial charge in [0.15, 0.2) is 0 Å². The second-order valence-electron chi connectivity index (χ2n) is 8.81. The average Bonchev–Trinajstić information content (AvgIpc) is 2.92. The van der Waals surface area contributed by atoms with Gasteiger partial charge in [0.1, 0.15) is 0 Å². The third kappa shape index (κ3) is 2.91. The summed E-state index contributed by atoms with van der Waals surface area (Å²) in [7, 11) is 0. The van der Waals surface area contributed by atoms with Crippen LogP contribution in [0, 0.1) is 0 Å². The van der Waals surface area contributed by atoms with Crippen molar-refractivity contribution in [3.63, 3.8) is 0 Å². The summed E-state index contributed by atoms with van der Waals surface area (Å²) >= 11 is 0. The van der Waals surface area contributed by atoms with Gasteiger partial charge in [-0.1, -0.05) is 91.0 Å². The van der Waals surface area contributed by atoms with E-state index in [1.807, 2.05) is 12.3 Å². The van der Waals surface area contributed by atoms with Crippen LogP contribution in [-0.2, 0) is 0 Å². The second kappa shape index (κ2) is 7.54. The molecule has 7 rings (SSSR count). The molecule has 0 amide bonds. The number of rotatable bonds is 2. The standard InChI is InChI=1S/C33H21N/c1-2-10-23-19-24(17-16-22(23)9-1)30-20-25-21-31(32-15-7-8-18-34-32)27-12-4-6-14-29(27)33(25)28-13-5-3-11-26(28)30/h1-21H. The first-order valence-electron chi connectivity index (χ1n) is 11.6. The lowest BCUT2D eigenvalue weighted by Gasteiger charge is -2.16. The molecule has 0 aliphatic heterocycles. The van der Waals surface area contributed by atoms with Crippen LogP contribution in [0.1, 0.15) is 0 Å². The van der Waals surface area contributed by atoms with E-state index in [0.29, 0.717) is 0 Å². The summed E-state index contributed by atoms with van der Waals surface area (Å²) in [4.78, 5) is 4.68. The molecule has 0 spiro atoms. The third-order valence-corrected chi connectivity index (χ3v) is 6.86. The maximum atomic E-state index is 4.68. The molecule has 0 radical (unpaired) electrons. The fourth-order valence-corrected chi connectivity index (χ4v) is 5.31. The van der Waals surface area contributed by atoms with E-state index in [2.05, 4.69) is 120 Å². The van der Waals surface area contributed by atoms with Gasteiger partial charge in [0.2, 0.25) is 0 Å². The Morgan fingerprint density at radius 2 is 1.03 bits per heavy atom. The molecule has 1 heteroatoms. The van der Waals surface area contributed by atoms with Crippen LogP contribution in [0.15, 0.2) is 128 Å². The molecule has 6 aromatic carbocycles. The fraction of sp³-hybridized carbons (Fsp3) is 0. The number of pyridine rings is 1. The van der Waals surface area contributed by atoms with Crippen LogP contribution in [0.5, 0.6) is 0 Å². The average molecular weight is 432 g/mol. The van der Waals surface area contributed by atoms with Crippen LogP contribution in [0.25, 0.3) is 65.5 Å². The van der Waals surface area contributed by atoms with Gasteiger partial charge in [-0.25, -0.2) is 0 Å². The molecule has 0 aliphatic rings. The lowest BCUT2D eigenvalue weighted by Crippen LogP contribution is -1.90. The molecular weight excluding hydrogens is 410 g/mol. The third-order valence-electron chi connectivity index (χ3n) is 6.86. The Bertz CT molecular complexity index is 1850. The van der Waals surface area contributed by atoms with Crippen molar-refractivity contribution in [3.8, 4) is 22.4 Å². The minimum Gasteiger partial charge on any atom is -0.256 e. The van der Waals surface area contributed by atoms with Crippen LogP contribution in [0.2, 0.25) is 0 Å². The molecule has 1 aromatic heterocycles. The van der Waals surface area contributed by atoms with Crippen molar-refractivity contribution in [2.75, 3.05) is 0 Å². The van der Waals surface area contributed by atoms with Crippen molar-refractivity contribution in [2.45, 2.75) is 0 Å². The van der Waals surface area contributed by atoms with Crippen molar-refractivity contribution in [2.24, 2.45) is 0 Å². The van der Waals surface area contributed by atoms with Gasteiger partial charge in [-0.3, -0.25) is 4.98 Å². The summed E-state index contributed by atoms with van der Waals surface area (Å²) in [6, 6.07) is 43.7. The van der Waals surface area contributed by atoms with Crippen LogP contribution >= 0.6 is 0 Å². The summed E-state index contributed by atoms with van der Waals surface area (Å²) in [6.07, 6.45) is 1.87. The highest BCUT2D eigenvalue weighted by Crippen LogP contribution is 2.41. The molecule has 0 aliphatic carbocycles. The van der Waals surface area contributed by atoms with Gasteiger partial charge in [0, 0.05) is 11.8 Å². The maximum Gasteiger partial charge on any atom is 0.0708 e. The molecule has 34 heavy (non-hydrogen) atoms. The maximum absolute atomic E-state index is 4.68. The zero-order valence-electron chi connectivity index (χ0n) is 18.6. The van der Waals surface area contributed by atoms with Crippen LogP contribution in [0.3, 0.4) is 0 Å². The smallest absolute Gasteiger partial charge is 0.0708 e. The molecule has 1 nitrogen and oxygen atoms in total. The Morgan fingerprint density at radius 3 is 1.76 bits per heavy atom. The van der Waals surface area contributed by atoms with E-state index < -0.39 is 0 Å². The monoisotopic (exact) mass is 431 g/mol. The van der Waals surface area contributed by atoms with E-state index in [9.17, 15) is 0 Å². The molecule has 0 bridgehead atoms. The molecule has 158 valence electrons. The number of hydrogen-bond acceptors (Lipinski definition) is 1. The van der Waals surface area contributed by atoms with Gasteiger partial charge in [0.25, 0.3) is 0 Å². The van der Waals surface area contributed by atoms with Gasteiger partial charge < -0.3 is 0 Å². The number of hydrogen-bond donors (Lipinski definition) is 0. The van der Waals surface area contributed by atoms with Crippen LogP contribution in [-0.4, -0.2) is 4.98 Å². The van der Waals surface area contributed by atoms with Gasteiger partial charge >= 0.3 is 0 Å². The van der Waals surface area contributed by atoms with E-state index in [1.54, 1.807) is 0 Å². The van der Waals surface area contributed by atoms with Crippen molar-refractivity contribution in [1.29, 1.82) is 0 Å². The van der Waals surface area contributed by atoms with Crippen molar-refractivity contribution < 1.29 is 0 Å². The second-order valence-corrected chi connectivity index (χ2v) is 8.81. The summed E-state index contributed by atoms with van der Waals surface area (Å²) in [5.41, 5.74) is 4.67. The molecular formula is C33H21N. The van der Waals surface area contributed by atoms with Crippen LogP contribution in [0.4, 0.5) is 0 Å². The largest absolute Gasteiger partial charge is 0.256 e. The van der Waals surface area contributed by atoms with E-state index >= 15 is 0 Å². The minimum absolute atomic E-state index is 1.00. The molecule has 1 heterocycles. The first-order valence-corrected chi connectivity index (χ1v) is 11.6. The molecule has 0 atom stereocenters. The van der Waals surface area contributed by atoms with E-state index in [4.69, 9.17) is 0 Å². The van der Waals surface area contributed by atoms with E-state index in [1.165, 1.54) is 59.8 Å². The van der Waals surface area contributed by atoms with Gasteiger partial charge in [-0.2, -0.15) is 0 Å². The molecule has 0 N–H and O–H groups in total. The van der Waals surface area contributed by atoms with Crippen molar-refractivity contribution >= 4 is 43.1 Å². The quantitative estimate of drug-likeness (QED) is 0.249. The first kappa shape index (κ1) is 19.0. The molecule has 0 saturated heterocycles. The predicted molar refractivity (Wildman–Crippen MR) is 145 cm³/mol. The zero-order valence-corrected chi connectivity index (χ0v) is 18.6. The van der Waals surface area contributed by atoms with Crippen molar-refractivity contribution in [3.05, 3.63) is 128 Å². The Kier molecular flexibility index (Phi) is 4.22. The fourth-order valence-electron chi connectivity index (χ4n) is 5.31. The number of aromatic nitrogens is 1. The predicted octanol–water partition coefficient (Wildman–Crippen LogP) is 9.03. The first-order chi connectivity index (χ1) is 16.9. The Hall–Kier alpha value is -4.49. The van der Waals surface area contributed by atoms with Gasteiger partial charge in [-0.15, -0.1) is 0 Å². The van der Waals surface area contributed by atoms with E-state index in [0.717, 1.165) is 5.69 Å². The summed E-state index contributed by atoms with van der Waals surface area (Å²) in [5.74, 6) is 0. The topological polar surface area (TPSA) is 12.9 Å². The Balaban J connectivity index is 1.63. The van der Waals surface area contributed by atoms with Gasteiger partial charge in [-0.05, 0) is 84.5 Å². The summed E-state index contributed by atoms with van der Waals surface area (Å²) in [6.45, 7) is 0. The summed E-state index contributed by atoms with van der Waals surface area (Å²) < 4.78 is 0. The Labute approximate surface area is 197 Å². The van der Waals surface area contributed by atoms with E-state index in [-0.39, 0.29) is 0 Å². The SMILES string of the molecule is c1ccc(-c2cc3cc(-c4ccc5ccccc5c4)c4ccccc4c3c3ccccc23)nc1. The summed E-state index contributed by atoms with van der Waals surface area (Å²) in [5, 5.41) is 10.1. The van der Waals surface area contributed by atoms with Crippen molar-refractivity contribution in [1.82, 2.24) is 4.98 Å². The highest BCUT2D eigenvalue weighted by molar-refractivity contribution is 6.25. The zero-order chi connectivity index (χ0) is 22.5. The number of fused-ring (bicyclic) bond motifs is 6. The molecule has 0 unspecified atom stereocenters. The van der Waals surface area contributed by atoms with Crippen LogP contribution < -0.4 is 0 Å². The minimum atomic E-state index is 1.00. The molecule has 7 aromatic rings.